The van der Waals surface area contributed by atoms with Crippen LogP contribution >= 0.6 is 0 Å². The quantitative estimate of drug-likeness (QED) is 0.824. The number of piperidine rings is 1. The summed E-state index contributed by atoms with van der Waals surface area (Å²) in [6.07, 6.45) is 0.658. The zero-order chi connectivity index (χ0) is 15.9. The predicted octanol–water partition coefficient (Wildman–Crippen LogP) is 1.27. The maximum Gasteiger partial charge on any atom is 0.257 e. The SMILES string of the molecule is CC(C)Nc1cccc2c1C(=O)N(C1CCC(=O)NC1=O)C2. The van der Waals surface area contributed by atoms with Gasteiger partial charge in [0, 0.05) is 24.7 Å². The topological polar surface area (TPSA) is 78.5 Å². The number of carbonyl (C=O) groups excluding carboxylic acids is 3. The van der Waals surface area contributed by atoms with Gasteiger partial charge in [-0.3, -0.25) is 19.7 Å². The molecule has 6 heteroatoms. The van der Waals surface area contributed by atoms with Crippen LogP contribution in [0.25, 0.3) is 0 Å². The number of nitrogens with zero attached hydrogens (tertiary/aromatic N) is 1. The Bertz CT molecular complexity index is 654. The fourth-order valence-corrected chi connectivity index (χ4v) is 3.05. The van der Waals surface area contributed by atoms with Crippen LogP contribution in [-0.4, -0.2) is 34.7 Å². The molecule has 2 aliphatic rings. The minimum atomic E-state index is -0.565. The Morgan fingerprint density at radius 3 is 2.73 bits per heavy atom. The van der Waals surface area contributed by atoms with E-state index in [2.05, 4.69) is 10.6 Å². The Kier molecular flexibility index (Phi) is 3.60. The maximum atomic E-state index is 12.7. The Morgan fingerprint density at radius 2 is 2.05 bits per heavy atom. The number of imide groups is 1. The second-order valence-corrected chi connectivity index (χ2v) is 6.04. The van der Waals surface area contributed by atoms with E-state index in [-0.39, 0.29) is 30.2 Å². The van der Waals surface area contributed by atoms with E-state index < -0.39 is 6.04 Å². The molecule has 0 spiro atoms. The van der Waals surface area contributed by atoms with Gasteiger partial charge in [0.15, 0.2) is 0 Å². The van der Waals surface area contributed by atoms with Gasteiger partial charge in [-0.05, 0) is 31.9 Å². The standard InChI is InChI=1S/C16H19N3O3/c1-9(2)17-11-5-3-4-10-8-19(16(22)14(10)11)12-6-7-13(20)18-15(12)21/h3-5,9,12,17H,6-8H2,1-2H3,(H,18,20,21). The molecule has 2 heterocycles. The second-order valence-electron chi connectivity index (χ2n) is 6.04. The molecule has 0 bridgehead atoms. The van der Waals surface area contributed by atoms with E-state index in [1.54, 1.807) is 4.90 Å². The zero-order valence-corrected chi connectivity index (χ0v) is 12.7. The van der Waals surface area contributed by atoms with Gasteiger partial charge in [0.25, 0.3) is 5.91 Å². The van der Waals surface area contributed by atoms with Crippen molar-refractivity contribution in [1.82, 2.24) is 10.2 Å². The molecular formula is C16H19N3O3. The Labute approximate surface area is 128 Å². The molecule has 0 radical (unpaired) electrons. The Balaban J connectivity index is 1.88. The molecule has 2 aliphatic heterocycles. The van der Waals surface area contributed by atoms with Crippen molar-refractivity contribution in [3.05, 3.63) is 29.3 Å². The summed E-state index contributed by atoms with van der Waals surface area (Å²) in [4.78, 5) is 37.6. The van der Waals surface area contributed by atoms with Gasteiger partial charge in [-0.15, -0.1) is 0 Å². The first kappa shape index (κ1) is 14.6. The number of anilines is 1. The molecule has 0 aromatic heterocycles. The third-order valence-electron chi connectivity index (χ3n) is 4.00. The summed E-state index contributed by atoms with van der Waals surface area (Å²) in [7, 11) is 0. The summed E-state index contributed by atoms with van der Waals surface area (Å²) in [6, 6.07) is 5.34. The lowest BCUT2D eigenvalue weighted by atomic mass is 10.0. The number of hydrogen-bond acceptors (Lipinski definition) is 4. The van der Waals surface area contributed by atoms with Crippen LogP contribution in [-0.2, 0) is 16.1 Å². The van der Waals surface area contributed by atoms with Crippen molar-refractivity contribution < 1.29 is 14.4 Å². The highest BCUT2D eigenvalue weighted by atomic mass is 16.2. The van der Waals surface area contributed by atoms with E-state index in [1.807, 2.05) is 32.0 Å². The molecule has 1 saturated heterocycles. The molecule has 22 heavy (non-hydrogen) atoms. The van der Waals surface area contributed by atoms with Gasteiger partial charge in [0.2, 0.25) is 11.8 Å². The van der Waals surface area contributed by atoms with Gasteiger partial charge in [0.05, 0.1) is 5.56 Å². The smallest absolute Gasteiger partial charge is 0.257 e. The largest absolute Gasteiger partial charge is 0.382 e. The number of rotatable bonds is 3. The summed E-state index contributed by atoms with van der Waals surface area (Å²) in [5.74, 6) is -0.795. The summed E-state index contributed by atoms with van der Waals surface area (Å²) in [5.41, 5.74) is 2.36. The molecule has 2 N–H and O–H groups in total. The second kappa shape index (κ2) is 5.44. The molecule has 6 nitrogen and oxygen atoms in total. The highest BCUT2D eigenvalue weighted by molar-refractivity contribution is 6.07. The predicted molar refractivity (Wildman–Crippen MR) is 81.2 cm³/mol. The van der Waals surface area contributed by atoms with Crippen molar-refractivity contribution in [2.75, 3.05) is 5.32 Å². The van der Waals surface area contributed by atoms with Crippen molar-refractivity contribution in [3.63, 3.8) is 0 Å². The van der Waals surface area contributed by atoms with Gasteiger partial charge in [-0.2, -0.15) is 0 Å². The van der Waals surface area contributed by atoms with Crippen molar-refractivity contribution >= 4 is 23.4 Å². The molecule has 1 aromatic carbocycles. The van der Waals surface area contributed by atoms with Crippen molar-refractivity contribution in [3.8, 4) is 0 Å². The lowest BCUT2D eigenvalue weighted by Crippen LogP contribution is -2.52. The summed E-state index contributed by atoms with van der Waals surface area (Å²) >= 11 is 0. The Hall–Kier alpha value is -2.37. The average Bonchev–Trinajstić information content (AvgIpc) is 2.76. The number of benzene rings is 1. The highest BCUT2D eigenvalue weighted by Crippen LogP contribution is 2.32. The summed E-state index contributed by atoms with van der Waals surface area (Å²) < 4.78 is 0. The van der Waals surface area contributed by atoms with Crippen LogP contribution in [0.1, 0.15) is 42.6 Å². The number of nitrogens with one attached hydrogen (secondary N) is 2. The van der Waals surface area contributed by atoms with Gasteiger partial charge in [-0.25, -0.2) is 0 Å². The maximum absolute atomic E-state index is 12.7. The first-order chi connectivity index (χ1) is 10.5. The number of hydrogen-bond donors (Lipinski definition) is 2. The minimum absolute atomic E-state index is 0.145. The van der Waals surface area contributed by atoms with Crippen LogP contribution in [0.5, 0.6) is 0 Å². The fourth-order valence-electron chi connectivity index (χ4n) is 3.05. The lowest BCUT2D eigenvalue weighted by molar-refractivity contribution is -0.136. The molecule has 1 fully saturated rings. The third-order valence-corrected chi connectivity index (χ3v) is 4.00. The van der Waals surface area contributed by atoms with E-state index >= 15 is 0 Å². The van der Waals surface area contributed by atoms with Crippen molar-refractivity contribution in [2.45, 2.75) is 45.3 Å². The molecule has 116 valence electrons. The van der Waals surface area contributed by atoms with Crippen LogP contribution in [0.4, 0.5) is 5.69 Å². The van der Waals surface area contributed by atoms with Crippen molar-refractivity contribution in [2.24, 2.45) is 0 Å². The molecule has 1 unspecified atom stereocenters. The van der Waals surface area contributed by atoms with E-state index in [0.717, 1.165) is 11.3 Å². The van der Waals surface area contributed by atoms with Crippen LogP contribution in [0.15, 0.2) is 18.2 Å². The van der Waals surface area contributed by atoms with Crippen LogP contribution in [0, 0.1) is 0 Å². The van der Waals surface area contributed by atoms with Crippen molar-refractivity contribution in [1.29, 1.82) is 0 Å². The molecule has 0 saturated carbocycles. The molecule has 0 aliphatic carbocycles. The molecule has 1 aromatic rings. The number of carbonyl (C=O) groups is 3. The minimum Gasteiger partial charge on any atom is -0.382 e. The number of amides is 3. The van der Waals surface area contributed by atoms with Crippen LogP contribution in [0.2, 0.25) is 0 Å². The average molecular weight is 301 g/mol. The van der Waals surface area contributed by atoms with E-state index in [0.29, 0.717) is 18.5 Å². The number of fused-ring (bicyclic) bond motifs is 1. The van der Waals surface area contributed by atoms with Gasteiger partial charge in [0.1, 0.15) is 6.04 Å². The van der Waals surface area contributed by atoms with Gasteiger partial charge in [-0.1, -0.05) is 12.1 Å². The van der Waals surface area contributed by atoms with Crippen LogP contribution < -0.4 is 10.6 Å². The molecule has 1 atom stereocenters. The fraction of sp³-hybridized carbons (Fsp3) is 0.438. The van der Waals surface area contributed by atoms with E-state index in [4.69, 9.17) is 0 Å². The zero-order valence-electron chi connectivity index (χ0n) is 12.7. The van der Waals surface area contributed by atoms with Crippen LogP contribution in [0.3, 0.4) is 0 Å². The summed E-state index contributed by atoms with van der Waals surface area (Å²) in [6.45, 7) is 4.43. The van der Waals surface area contributed by atoms with Gasteiger partial charge < -0.3 is 10.2 Å². The van der Waals surface area contributed by atoms with E-state index in [9.17, 15) is 14.4 Å². The molecule has 3 amide bonds. The first-order valence-electron chi connectivity index (χ1n) is 7.50. The van der Waals surface area contributed by atoms with E-state index in [1.165, 1.54) is 0 Å². The summed E-state index contributed by atoms with van der Waals surface area (Å²) in [5, 5.41) is 5.59. The Morgan fingerprint density at radius 1 is 1.27 bits per heavy atom. The molecule has 3 rings (SSSR count). The normalized spacial score (nSPS) is 21.1. The molecular weight excluding hydrogens is 282 g/mol. The first-order valence-corrected chi connectivity index (χ1v) is 7.50. The third kappa shape index (κ3) is 2.45. The van der Waals surface area contributed by atoms with Gasteiger partial charge >= 0.3 is 0 Å². The monoisotopic (exact) mass is 301 g/mol. The lowest BCUT2D eigenvalue weighted by Gasteiger charge is -2.29. The highest BCUT2D eigenvalue weighted by Gasteiger charge is 2.40.